The molecular weight excluding hydrogens is 252 g/mol. The van der Waals surface area contributed by atoms with Gasteiger partial charge in [0.1, 0.15) is 0 Å². The molecule has 3 rings (SSSR count). The molecule has 0 bridgehead atoms. The van der Waals surface area contributed by atoms with Crippen molar-refractivity contribution in [3.8, 4) is 11.3 Å². The van der Waals surface area contributed by atoms with E-state index in [2.05, 4.69) is 33.0 Å². The third-order valence-electron chi connectivity index (χ3n) is 3.57. The number of nitrogens with one attached hydrogen (secondary N) is 3. The maximum absolute atomic E-state index is 11.1. The third kappa shape index (κ3) is 2.88. The maximum Gasteiger partial charge on any atom is 0.220 e. The van der Waals surface area contributed by atoms with Gasteiger partial charge in [-0.2, -0.15) is 5.10 Å². The minimum absolute atomic E-state index is 0.157. The lowest BCUT2D eigenvalue weighted by molar-refractivity contribution is -0.119. The van der Waals surface area contributed by atoms with Crippen LogP contribution >= 0.6 is 0 Å². The molecule has 1 fully saturated rings. The van der Waals surface area contributed by atoms with Crippen LogP contribution in [0.25, 0.3) is 11.3 Å². The van der Waals surface area contributed by atoms with E-state index < -0.39 is 0 Å². The minimum atomic E-state index is 0.157. The Hall–Kier alpha value is -2.14. The van der Waals surface area contributed by atoms with Crippen molar-refractivity contribution in [2.75, 3.05) is 6.54 Å². The number of aromatic nitrogens is 2. The van der Waals surface area contributed by atoms with Crippen molar-refractivity contribution >= 4 is 5.91 Å². The largest absolute Gasteiger partial charge is 0.352 e. The van der Waals surface area contributed by atoms with Gasteiger partial charge in [0.2, 0.25) is 5.91 Å². The molecule has 20 heavy (non-hydrogen) atoms. The summed E-state index contributed by atoms with van der Waals surface area (Å²) in [7, 11) is 0. The third-order valence-corrected chi connectivity index (χ3v) is 3.57. The molecule has 0 saturated carbocycles. The Labute approximate surface area is 117 Å². The molecule has 1 aliphatic heterocycles. The standard InChI is InChI=1S/C15H18N4O/c20-14-7-6-13(18-14)10-16-8-12-9-17-19-15(12)11-4-2-1-3-5-11/h1-5,9,13,16H,6-8,10H2,(H,17,19)(H,18,20). The second-order valence-corrected chi connectivity index (χ2v) is 5.07. The molecule has 2 heterocycles. The van der Waals surface area contributed by atoms with Crippen LogP contribution in [0.5, 0.6) is 0 Å². The molecular formula is C15H18N4O. The predicted molar refractivity (Wildman–Crippen MR) is 76.9 cm³/mol. The van der Waals surface area contributed by atoms with Crippen molar-refractivity contribution in [2.24, 2.45) is 0 Å². The van der Waals surface area contributed by atoms with Crippen molar-refractivity contribution in [3.05, 3.63) is 42.1 Å². The quantitative estimate of drug-likeness (QED) is 0.770. The van der Waals surface area contributed by atoms with Gasteiger partial charge in [-0.05, 0) is 12.0 Å². The number of nitrogens with zero attached hydrogens (tertiary/aromatic N) is 1. The number of hydrogen-bond acceptors (Lipinski definition) is 3. The second-order valence-electron chi connectivity index (χ2n) is 5.07. The van der Waals surface area contributed by atoms with Gasteiger partial charge in [-0.1, -0.05) is 30.3 Å². The Balaban J connectivity index is 1.59. The number of amides is 1. The lowest BCUT2D eigenvalue weighted by atomic mass is 10.1. The number of aromatic amines is 1. The molecule has 5 heteroatoms. The van der Waals surface area contributed by atoms with Crippen LogP contribution in [0.2, 0.25) is 0 Å². The molecule has 1 amide bonds. The Bertz CT molecular complexity index is 579. The van der Waals surface area contributed by atoms with Crippen LogP contribution in [0.4, 0.5) is 0 Å². The zero-order valence-corrected chi connectivity index (χ0v) is 11.2. The van der Waals surface area contributed by atoms with Crippen molar-refractivity contribution in [3.63, 3.8) is 0 Å². The zero-order valence-electron chi connectivity index (χ0n) is 11.2. The molecule has 0 aliphatic carbocycles. The Kier molecular flexibility index (Phi) is 3.78. The van der Waals surface area contributed by atoms with Crippen LogP contribution in [-0.4, -0.2) is 28.7 Å². The lowest BCUT2D eigenvalue weighted by Crippen LogP contribution is -2.35. The van der Waals surface area contributed by atoms with Gasteiger partial charge in [-0.3, -0.25) is 9.89 Å². The van der Waals surface area contributed by atoms with Gasteiger partial charge in [0.05, 0.1) is 11.9 Å². The molecule has 0 spiro atoms. The van der Waals surface area contributed by atoms with E-state index in [4.69, 9.17) is 0 Å². The molecule has 104 valence electrons. The van der Waals surface area contributed by atoms with Crippen LogP contribution < -0.4 is 10.6 Å². The molecule has 1 atom stereocenters. The van der Waals surface area contributed by atoms with Crippen molar-refractivity contribution in [1.82, 2.24) is 20.8 Å². The number of hydrogen-bond donors (Lipinski definition) is 3. The fourth-order valence-corrected chi connectivity index (χ4v) is 2.51. The molecule has 1 aliphatic rings. The topological polar surface area (TPSA) is 69.8 Å². The predicted octanol–water partition coefficient (Wildman–Crippen LogP) is 1.44. The zero-order chi connectivity index (χ0) is 13.8. The Morgan fingerprint density at radius 1 is 1.30 bits per heavy atom. The summed E-state index contributed by atoms with van der Waals surface area (Å²) in [6, 6.07) is 10.4. The molecule has 1 aromatic carbocycles. The average Bonchev–Trinajstić information content (AvgIpc) is 3.09. The number of carbonyl (C=O) groups is 1. The van der Waals surface area contributed by atoms with E-state index in [1.165, 1.54) is 0 Å². The summed E-state index contributed by atoms with van der Waals surface area (Å²) >= 11 is 0. The first-order valence-electron chi connectivity index (χ1n) is 6.90. The van der Waals surface area contributed by atoms with Gasteiger partial charge in [0.15, 0.2) is 0 Å². The van der Waals surface area contributed by atoms with Gasteiger partial charge in [-0.15, -0.1) is 0 Å². The van der Waals surface area contributed by atoms with Crippen molar-refractivity contribution in [1.29, 1.82) is 0 Å². The van der Waals surface area contributed by atoms with E-state index in [-0.39, 0.29) is 11.9 Å². The SMILES string of the molecule is O=C1CCC(CNCc2cn[nH]c2-c2ccccc2)N1. The van der Waals surface area contributed by atoms with Crippen molar-refractivity contribution in [2.45, 2.75) is 25.4 Å². The molecule has 2 aromatic rings. The van der Waals surface area contributed by atoms with E-state index in [1.807, 2.05) is 24.4 Å². The molecule has 0 radical (unpaired) electrons. The molecule has 5 nitrogen and oxygen atoms in total. The minimum Gasteiger partial charge on any atom is -0.352 e. The van der Waals surface area contributed by atoms with Crippen LogP contribution in [0.3, 0.4) is 0 Å². The summed E-state index contributed by atoms with van der Waals surface area (Å²) < 4.78 is 0. The van der Waals surface area contributed by atoms with Crippen LogP contribution in [-0.2, 0) is 11.3 Å². The summed E-state index contributed by atoms with van der Waals surface area (Å²) in [5.41, 5.74) is 3.32. The van der Waals surface area contributed by atoms with Gasteiger partial charge in [0, 0.05) is 31.1 Å². The Morgan fingerprint density at radius 2 is 2.15 bits per heavy atom. The summed E-state index contributed by atoms with van der Waals surface area (Å²) in [5, 5.41) is 13.5. The fourth-order valence-electron chi connectivity index (χ4n) is 2.51. The Morgan fingerprint density at radius 3 is 2.90 bits per heavy atom. The van der Waals surface area contributed by atoms with E-state index >= 15 is 0 Å². The van der Waals surface area contributed by atoms with Gasteiger partial charge >= 0.3 is 0 Å². The van der Waals surface area contributed by atoms with E-state index in [0.717, 1.165) is 36.3 Å². The summed E-state index contributed by atoms with van der Waals surface area (Å²) in [5.74, 6) is 0.157. The first-order valence-corrected chi connectivity index (χ1v) is 6.90. The highest BCUT2D eigenvalue weighted by Gasteiger charge is 2.20. The normalized spacial score (nSPS) is 18.2. The van der Waals surface area contributed by atoms with Gasteiger partial charge < -0.3 is 10.6 Å². The highest BCUT2D eigenvalue weighted by atomic mass is 16.1. The molecule has 1 unspecified atom stereocenters. The summed E-state index contributed by atoms with van der Waals surface area (Å²) in [6.07, 6.45) is 3.42. The molecule has 1 saturated heterocycles. The highest BCUT2D eigenvalue weighted by Crippen LogP contribution is 2.20. The molecule has 1 aromatic heterocycles. The summed E-state index contributed by atoms with van der Waals surface area (Å²) in [6.45, 7) is 1.54. The first-order chi connectivity index (χ1) is 9.83. The van der Waals surface area contributed by atoms with Gasteiger partial charge in [-0.25, -0.2) is 0 Å². The highest BCUT2D eigenvalue weighted by molar-refractivity contribution is 5.78. The van der Waals surface area contributed by atoms with E-state index in [0.29, 0.717) is 6.42 Å². The number of rotatable bonds is 5. The van der Waals surface area contributed by atoms with Crippen LogP contribution in [0, 0.1) is 0 Å². The number of benzene rings is 1. The number of carbonyl (C=O) groups excluding carboxylic acids is 1. The van der Waals surface area contributed by atoms with Gasteiger partial charge in [0.25, 0.3) is 0 Å². The lowest BCUT2D eigenvalue weighted by Gasteiger charge is -2.11. The fraction of sp³-hybridized carbons (Fsp3) is 0.333. The van der Waals surface area contributed by atoms with E-state index in [1.54, 1.807) is 0 Å². The second kappa shape index (κ2) is 5.88. The van der Waals surface area contributed by atoms with Crippen molar-refractivity contribution < 1.29 is 4.79 Å². The monoisotopic (exact) mass is 270 g/mol. The average molecular weight is 270 g/mol. The molecule has 3 N–H and O–H groups in total. The smallest absolute Gasteiger partial charge is 0.220 e. The van der Waals surface area contributed by atoms with Crippen LogP contribution in [0.1, 0.15) is 18.4 Å². The number of H-pyrrole nitrogens is 1. The maximum atomic E-state index is 11.1. The van der Waals surface area contributed by atoms with Crippen LogP contribution in [0.15, 0.2) is 36.5 Å². The summed E-state index contributed by atoms with van der Waals surface area (Å²) in [4.78, 5) is 11.1. The first kappa shape index (κ1) is 12.9. The van der Waals surface area contributed by atoms with E-state index in [9.17, 15) is 4.79 Å².